The van der Waals surface area contributed by atoms with Crippen molar-refractivity contribution in [3.05, 3.63) is 95.1 Å². The van der Waals surface area contributed by atoms with Crippen LogP contribution in [0.15, 0.2) is 66.9 Å². The van der Waals surface area contributed by atoms with Gasteiger partial charge < -0.3 is 15.0 Å². The second-order valence-electron chi connectivity index (χ2n) is 7.73. The first-order valence-corrected chi connectivity index (χ1v) is 10.3. The van der Waals surface area contributed by atoms with Crippen molar-refractivity contribution in [2.45, 2.75) is 31.9 Å². The van der Waals surface area contributed by atoms with Crippen LogP contribution in [0.2, 0.25) is 0 Å². The normalized spacial score (nSPS) is 15.9. The Morgan fingerprint density at radius 3 is 2.47 bits per heavy atom. The molecule has 2 atom stereocenters. The standard InChI is InChI=1S/C24H19F4N3O3/c1-14(20-11-8-16(25)12-29-20)31(13-15-6-9-17(10-7-15)34-24(26,27)28)23(33)21-18-4-2-3-5-19(18)22(32)30-21/h2-12,14,21H,13H2,1H3,(H,30,32). The molecule has 6 nitrogen and oxygen atoms in total. The summed E-state index contributed by atoms with van der Waals surface area (Å²) < 4.78 is 54.7. The van der Waals surface area contributed by atoms with Gasteiger partial charge in [-0.15, -0.1) is 13.2 Å². The quantitative estimate of drug-likeness (QED) is 0.527. The highest BCUT2D eigenvalue weighted by Gasteiger charge is 2.37. The Hall–Kier alpha value is -3.95. The topological polar surface area (TPSA) is 71.5 Å². The minimum atomic E-state index is -4.82. The second kappa shape index (κ2) is 9.12. The molecule has 1 aromatic heterocycles. The number of hydrogen-bond acceptors (Lipinski definition) is 4. The number of halogens is 4. The number of carbonyl (C=O) groups excluding carboxylic acids is 2. The molecule has 1 aliphatic rings. The van der Waals surface area contributed by atoms with Crippen LogP contribution in [0.3, 0.4) is 0 Å². The summed E-state index contributed by atoms with van der Waals surface area (Å²) in [5.41, 5.74) is 1.84. The maximum atomic E-state index is 13.6. The number of nitrogens with one attached hydrogen (secondary N) is 1. The summed E-state index contributed by atoms with van der Waals surface area (Å²) >= 11 is 0. The Balaban J connectivity index is 1.64. The van der Waals surface area contributed by atoms with Crippen molar-refractivity contribution in [3.8, 4) is 5.75 Å². The van der Waals surface area contributed by atoms with E-state index in [0.717, 1.165) is 18.3 Å². The molecule has 0 spiro atoms. The lowest BCUT2D eigenvalue weighted by molar-refractivity contribution is -0.274. The second-order valence-corrected chi connectivity index (χ2v) is 7.73. The van der Waals surface area contributed by atoms with Crippen LogP contribution < -0.4 is 10.1 Å². The highest BCUT2D eigenvalue weighted by Crippen LogP contribution is 2.31. The molecule has 0 bridgehead atoms. The Kier molecular flexibility index (Phi) is 6.23. The summed E-state index contributed by atoms with van der Waals surface area (Å²) in [6, 6.07) is 12.9. The summed E-state index contributed by atoms with van der Waals surface area (Å²) in [5, 5.41) is 2.68. The van der Waals surface area contributed by atoms with Gasteiger partial charge in [-0.25, -0.2) is 4.39 Å². The van der Waals surface area contributed by atoms with Gasteiger partial charge in [0, 0.05) is 12.1 Å². The molecule has 176 valence electrons. The molecule has 34 heavy (non-hydrogen) atoms. The number of aromatic nitrogens is 1. The summed E-state index contributed by atoms with van der Waals surface area (Å²) in [6.45, 7) is 1.70. The fraction of sp³-hybridized carbons (Fsp3) is 0.208. The number of rotatable bonds is 6. The molecule has 0 radical (unpaired) electrons. The number of pyridine rings is 1. The number of ether oxygens (including phenoxy) is 1. The fourth-order valence-electron chi connectivity index (χ4n) is 3.80. The number of benzene rings is 2. The van der Waals surface area contributed by atoms with Crippen LogP contribution in [0.5, 0.6) is 5.75 Å². The van der Waals surface area contributed by atoms with Crippen molar-refractivity contribution in [2.75, 3.05) is 0 Å². The molecule has 1 N–H and O–H groups in total. The van der Waals surface area contributed by atoms with Crippen molar-refractivity contribution in [3.63, 3.8) is 0 Å². The van der Waals surface area contributed by atoms with E-state index in [2.05, 4.69) is 15.0 Å². The van der Waals surface area contributed by atoms with Gasteiger partial charge in [-0.05, 0) is 48.4 Å². The van der Waals surface area contributed by atoms with E-state index in [-0.39, 0.29) is 18.2 Å². The highest BCUT2D eigenvalue weighted by atomic mass is 19.4. The highest BCUT2D eigenvalue weighted by molar-refractivity contribution is 6.04. The van der Waals surface area contributed by atoms with E-state index in [0.29, 0.717) is 22.4 Å². The minimum absolute atomic E-state index is 0.000107. The van der Waals surface area contributed by atoms with E-state index < -0.39 is 30.2 Å². The number of hydrogen-bond donors (Lipinski definition) is 1. The smallest absolute Gasteiger partial charge is 0.406 e. The van der Waals surface area contributed by atoms with Crippen LogP contribution in [0.25, 0.3) is 0 Å². The predicted molar refractivity (Wildman–Crippen MR) is 113 cm³/mol. The molecule has 0 fully saturated rings. The monoisotopic (exact) mass is 473 g/mol. The molecule has 3 aromatic rings. The van der Waals surface area contributed by atoms with Gasteiger partial charge in [-0.3, -0.25) is 14.6 Å². The van der Waals surface area contributed by atoms with Crippen LogP contribution >= 0.6 is 0 Å². The van der Waals surface area contributed by atoms with E-state index in [4.69, 9.17) is 0 Å². The first-order valence-electron chi connectivity index (χ1n) is 10.3. The molecule has 0 aliphatic carbocycles. The molecular formula is C24H19F4N3O3. The van der Waals surface area contributed by atoms with Gasteiger partial charge in [-0.2, -0.15) is 0 Å². The van der Waals surface area contributed by atoms with Crippen molar-refractivity contribution >= 4 is 11.8 Å². The molecule has 2 amide bonds. The maximum absolute atomic E-state index is 13.6. The largest absolute Gasteiger partial charge is 0.573 e. The Bertz CT molecular complexity index is 1200. The molecule has 1 aliphatic heterocycles. The Morgan fingerprint density at radius 1 is 1.12 bits per heavy atom. The third kappa shape index (κ3) is 5.00. The number of nitrogens with zero attached hydrogens (tertiary/aromatic N) is 2. The number of alkyl halides is 3. The average molecular weight is 473 g/mol. The molecule has 2 unspecified atom stereocenters. The molecule has 2 heterocycles. The van der Waals surface area contributed by atoms with Crippen molar-refractivity contribution < 1.29 is 31.9 Å². The van der Waals surface area contributed by atoms with Gasteiger partial charge in [0.05, 0.1) is 17.9 Å². The van der Waals surface area contributed by atoms with Gasteiger partial charge in [-0.1, -0.05) is 30.3 Å². The predicted octanol–water partition coefficient (Wildman–Crippen LogP) is 4.69. The van der Waals surface area contributed by atoms with Crippen LogP contribution in [-0.2, 0) is 11.3 Å². The first-order chi connectivity index (χ1) is 16.1. The summed E-state index contributed by atoms with van der Waals surface area (Å²) in [5.74, 6) is -1.74. The van der Waals surface area contributed by atoms with Crippen LogP contribution in [0.4, 0.5) is 17.6 Å². The third-order valence-electron chi connectivity index (χ3n) is 5.48. The summed E-state index contributed by atoms with van der Waals surface area (Å²) in [7, 11) is 0. The lowest BCUT2D eigenvalue weighted by atomic mass is 10.0. The van der Waals surface area contributed by atoms with Gasteiger partial charge in [0.2, 0.25) is 0 Å². The average Bonchev–Trinajstić information content (AvgIpc) is 3.14. The molecule has 0 saturated carbocycles. The molecule has 0 saturated heterocycles. The summed E-state index contributed by atoms with van der Waals surface area (Å²) in [6.07, 6.45) is -3.79. The van der Waals surface area contributed by atoms with Gasteiger partial charge in [0.25, 0.3) is 11.8 Å². The molecule has 2 aromatic carbocycles. The van der Waals surface area contributed by atoms with Crippen LogP contribution in [-0.4, -0.2) is 28.1 Å². The minimum Gasteiger partial charge on any atom is -0.406 e. The molecule has 4 rings (SSSR count). The van der Waals surface area contributed by atoms with E-state index >= 15 is 0 Å². The lowest BCUT2D eigenvalue weighted by Crippen LogP contribution is -2.40. The van der Waals surface area contributed by atoms with Gasteiger partial charge in [0.1, 0.15) is 17.6 Å². The number of carbonyl (C=O) groups is 2. The zero-order valence-corrected chi connectivity index (χ0v) is 17.8. The fourth-order valence-corrected chi connectivity index (χ4v) is 3.80. The lowest BCUT2D eigenvalue weighted by Gasteiger charge is -2.31. The third-order valence-corrected chi connectivity index (χ3v) is 5.48. The zero-order chi connectivity index (χ0) is 24.5. The van der Waals surface area contributed by atoms with E-state index in [1.165, 1.54) is 29.2 Å². The molecule has 10 heteroatoms. The van der Waals surface area contributed by atoms with Gasteiger partial charge >= 0.3 is 6.36 Å². The van der Waals surface area contributed by atoms with Crippen molar-refractivity contribution in [1.82, 2.24) is 15.2 Å². The number of fused-ring (bicyclic) bond motifs is 1. The van der Waals surface area contributed by atoms with E-state index in [9.17, 15) is 27.2 Å². The Morgan fingerprint density at radius 2 is 1.82 bits per heavy atom. The Labute approximate surface area is 192 Å². The van der Waals surface area contributed by atoms with E-state index in [1.54, 1.807) is 31.2 Å². The summed E-state index contributed by atoms with van der Waals surface area (Å²) in [4.78, 5) is 31.5. The SMILES string of the molecule is CC(c1ccc(F)cn1)N(Cc1ccc(OC(F)(F)F)cc1)C(=O)C1NC(=O)c2ccccc21. The molecular weight excluding hydrogens is 454 g/mol. The van der Waals surface area contributed by atoms with E-state index in [1.807, 2.05) is 0 Å². The van der Waals surface area contributed by atoms with Crippen molar-refractivity contribution in [2.24, 2.45) is 0 Å². The maximum Gasteiger partial charge on any atom is 0.573 e. The van der Waals surface area contributed by atoms with Crippen molar-refractivity contribution in [1.29, 1.82) is 0 Å². The van der Waals surface area contributed by atoms with Crippen LogP contribution in [0, 0.1) is 5.82 Å². The van der Waals surface area contributed by atoms with Gasteiger partial charge in [0.15, 0.2) is 0 Å². The number of amides is 2. The first kappa shape index (κ1) is 23.2. The van der Waals surface area contributed by atoms with Crippen LogP contribution in [0.1, 0.15) is 46.2 Å². The zero-order valence-electron chi connectivity index (χ0n) is 17.8.